The van der Waals surface area contributed by atoms with E-state index in [-0.39, 0.29) is 23.4 Å². The fraction of sp³-hybridized carbons (Fsp3) is 0.478. The Labute approximate surface area is 177 Å². The molecule has 1 amide bonds. The van der Waals surface area contributed by atoms with Gasteiger partial charge in [0.25, 0.3) is 5.91 Å². The van der Waals surface area contributed by atoms with Gasteiger partial charge in [0.15, 0.2) is 11.4 Å². The minimum atomic E-state index is -0.538. The van der Waals surface area contributed by atoms with Crippen molar-refractivity contribution in [2.45, 2.75) is 45.8 Å². The number of piperidine rings is 1. The molecule has 1 aliphatic rings. The van der Waals surface area contributed by atoms with Gasteiger partial charge in [-0.05, 0) is 42.4 Å². The Kier molecular flexibility index (Phi) is 7.52. The molecule has 0 aliphatic carbocycles. The lowest BCUT2D eigenvalue weighted by Crippen LogP contribution is -2.43. The van der Waals surface area contributed by atoms with E-state index in [0.29, 0.717) is 37.6 Å². The van der Waals surface area contributed by atoms with Crippen LogP contribution in [-0.4, -0.2) is 53.3 Å². The van der Waals surface area contributed by atoms with Crippen LogP contribution >= 0.6 is 0 Å². The number of benzene rings is 1. The Balaban J connectivity index is 1.69. The van der Waals surface area contributed by atoms with Crippen LogP contribution < -0.4 is 0 Å². The zero-order valence-electron chi connectivity index (χ0n) is 17.8. The number of nitrogens with zero attached hydrogens (tertiary/aromatic N) is 3. The van der Waals surface area contributed by atoms with E-state index in [2.05, 4.69) is 10.2 Å². The van der Waals surface area contributed by atoms with Gasteiger partial charge in [0.1, 0.15) is 0 Å². The smallest absolute Gasteiger partial charge is 0.358 e. The van der Waals surface area contributed by atoms with Gasteiger partial charge in [-0.25, -0.2) is 4.79 Å². The summed E-state index contributed by atoms with van der Waals surface area (Å²) in [5.41, 5.74) is 2.22. The fourth-order valence-corrected chi connectivity index (χ4v) is 3.61. The number of methoxy groups -OCH3 is 1. The summed E-state index contributed by atoms with van der Waals surface area (Å²) < 4.78 is 10.8. The van der Waals surface area contributed by atoms with Crippen LogP contribution in [0.1, 0.15) is 58.8 Å². The Morgan fingerprint density at radius 2 is 1.97 bits per heavy atom. The molecule has 1 fully saturated rings. The van der Waals surface area contributed by atoms with E-state index in [0.717, 1.165) is 18.4 Å². The SMILES string of the molecule is COC(=O)c1nnc(C(=O)N2CCC[C@@H](OCc3ccccc3)C2)cc1CC(C)C. The van der Waals surface area contributed by atoms with Crippen molar-refractivity contribution in [2.75, 3.05) is 20.2 Å². The molecule has 1 aromatic carbocycles. The molecule has 2 heterocycles. The topological polar surface area (TPSA) is 81.6 Å². The zero-order valence-corrected chi connectivity index (χ0v) is 17.8. The van der Waals surface area contributed by atoms with Gasteiger partial charge in [0.2, 0.25) is 0 Å². The minimum Gasteiger partial charge on any atom is -0.464 e. The van der Waals surface area contributed by atoms with Crippen LogP contribution in [-0.2, 0) is 22.5 Å². The summed E-state index contributed by atoms with van der Waals surface area (Å²) in [4.78, 5) is 26.8. The highest BCUT2D eigenvalue weighted by Crippen LogP contribution is 2.19. The molecule has 1 aliphatic heterocycles. The van der Waals surface area contributed by atoms with Gasteiger partial charge in [-0.2, -0.15) is 0 Å². The van der Waals surface area contributed by atoms with Crippen LogP contribution in [0.2, 0.25) is 0 Å². The van der Waals surface area contributed by atoms with Crippen molar-refractivity contribution in [3.8, 4) is 0 Å². The maximum absolute atomic E-state index is 13.1. The Morgan fingerprint density at radius 3 is 2.67 bits per heavy atom. The molecule has 1 atom stereocenters. The van der Waals surface area contributed by atoms with E-state index in [4.69, 9.17) is 9.47 Å². The molecule has 2 aromatic rings. The standard InChI is InChI=1S/C23H29N3O4/c1-16(2)12-18-13-20(24-25-21(18)23(28)29-3)22(27)26-11-7-10-19(14-26)30-15-17-8-5-4-6-9-17/h4-6,8-9,13,16,19H,7,10-12,14-15H2,1-3H3/t19-/m1/s1. The van der Waals surface area contributed by atoms with Crippen molar-refractivity contribution < 1.29 is 19.1 Å². The van der Waals surface area contributed by atoms with Crippen molar-refractivity contribution in [1.82, 2.24) is 15.1 Å². The quantitative estimate of drug-likeness (QED) is 0.651. The number of carbonyl (C=O) groups excluding carboxylic acids is 2. The first kappa shape index (κ1) is 21.9. The number of aromatic nitrogens is 2. The van der Waals surface area contributed by atoms with Crippen LogP contribution in [0.4, 0.5) is 0 Å². The second-order valence-electron chi connectivity index (χ2n) is 8.00. The lowest BCUT2D eigenvalue weighted by atomic mass is 10.0. The molecule has 0 spiro atoms. The first-order valence-electron chi connectivity index (χ1n) is 10.4. The van der Waals surface area contributed by atoms with Crippen molar-refractivity contribution in [2.24, 2.45) is 5.92 Å². The summed E-state index contributed by atoms with van der Waals surface area (Å²) >= 11 is 0. The summed E-state index contributed by atoms with van der Waals surface area (Å²) in [7, 11) is 1.31. The van der Waals surface area contributed by atoms with E-state index in [9.17, 15) is 9.59 Å². The molecule has 160 valence electrons. The van der Waals surface area contributed by atoms with Crippen LogP contribution in [0.15, 0.2) is 36.4 Å². The molecule has 1 saturated heterocycles. The predicted molar refractivity (Wildman–Crippen MR) is 112 cm³/mol. The van der Waals surface area contributed by atoms with E-state index >= 15 is 0 Å². The third-order valence-electron chi connectivity index (χ3n) is 5.09. The van der Waals surface area contributed by atoms with Gasteiger partial charge in [0.05, 0.1) is 19.8 Å². The van der Waals surface area contributed by atoms with Crippen molar-refractivity contribution >= 4 is 11.9 Å². The highest BCUT2D eigenvalue weighted by Gasteiger charge is 2.27. The molecule has 0 saturated carbocycles. The third-order valence-corrected chi connectivity index (χ3v) is 5.09. The van der Waals surface area contributed by atoms with Gasteiger partial charge in [-0.15, -0.1) is 10.2 Å². The molecule has 0 unspecified atom stereocenters. The van der Waals surface area contributed by atoms with E-state index < -0.39 is 5.97 Å². The Morgan fingerprint density at radius 1 is 1.20 bits per heavy atom. The summed E-state index contributed by atoms with van der Waals surface area (Å²) in [5, 5.41) is 8.04. The molecule has 0 N–H and O–H groups in total. The highest BCUT2D eigenvalue weighted by molar-refractivity contribution is 5.94. The van der Waals surface area contributed by atoms with Crippen LogP contribution in [0.25, 0.3) is 0 Å². The normalized spacial score (nSPS) is 16.5. The highest BCUT2D eigenvalue weighted by atomic mass is 16.5. The average Bonchev–Trinajstić information content (AvgIpc) is 2.77. The monoisotopic (exact) mass is 411 g/mol. The summed E-state index contributed by atoms with van der Waals surface area (Å²) in [5.74, 6) is -0.423. The molecule has 3 rings (SSSR count). The first-order chi connectivity index (χ1) is 14.5. The summed E-state index contributed by atoms with van der Waals surface area (Å²) in [6, 6.07) is 11.7. The molecule has 0 bridgehead atoms. The third kappa shape index (κ3) is 5.63. The second kappa shape index (κ2) is 10.3. The molecule has 7 nitrogen and oxygen atoms in total. The number of rotatable bonds is 7. The summed E-state index contributed by atoms with van der Waals surface area (Å²) in [6.07, 6.45) is 2.39. The Hall–Kier alpha value is -2.80. The van der Waals surface area contributed by atoms with Crippen molar-refractivity contribution in [1.29, 1.82) is 0 Å². The van der Waals surface area contributed by atoms with Gasteiger partial charge >= 0.3 is 5.97 Å². The molecule has 30 heavy (non-hydrogen) atoms. The number of esters is 1. The first-order valence-corrected chi connectivity index (χ1v) is 10.4. The van der Waals surface area contributed by atoms with Crippen molar-refractivity contribution in [3.63, 3.8) is 0 Å². The molecule has 7 heteroatoms. The van der Waals surface area contributed by atoms with Gasteiger partial charge in [0, 0.05) is 13.1 Å². The van der Waals surface area contributed by atoms with Crippen LogP contribution in [0.5, 0.6) is 0 Å². The van der Waals surface area contributed by atoms with Crippen molar-refractivity contribution in [3.05, 3.63) is 58.9 Å². The maximum atomic E-state index is 13.1. The number of amides is 1. The summed E-state index contributed by atoms with van der Waals surface area (Å²) in [6.45, 7) is 5.79. The molecule has 1 aromatic heterocycles. The van der Waals surface area contributed by atoms with Crippen LogP contribution in [0, 0.1) is 5.92 Å². The predicted octanol–water partition coefficient (Wildman–Crippen LogP) is 3.28. The number of likely N-dealkylation sites (tertiary alicyclic amines) is 1. The van der Waals surface area contributed by atoms with Gasteiger partial charge < -0.3 is 14.4 Å². The van der Waals surface area contributed by atoms with E-state index in [1.807, 2.05) is 44.2 Å². The average molecular weight is 412 g/mol. The van der Waals surface area contributed by atoms with Gasteiger partial charge in [-0.1, -0.05) is 44.2 Å². The largest absolute Gasteiger partial charge is 0.464 e. The van der Waals surface area contributed by atoms with Gasteiger partial charge in [-0.3, -0.25) is 4.79 Å². The number of hydrogen-bond donors (Lipinski definition) is 0. The fourth-order valence-electron chi connectivity index (χ4n) is 3.61. The lowest BCUT2D eigenvalue weighted by Gasteiger charge is -2.32. The maximum Gasteiger partial charge on any atom is 0.358 e. The Bertz CT molecular complexity index is 870. The number of hydrogen-bond acceptors (Lipinski definition) is 6. The molecule has 0 radical (unpaired) electrons. The van der Waals surface area contributed by atoms with Crippen LogP contribution in [0.3, 0.4) is 0 Å². The zero-order chi connectivity index (χ0) is 21.5. The van der Waals surface area contributed by atoms with E-state index in [1.165, 1.54) is 7.11 Å². The van der Waals surface area contributed by atoms with E-state index in [1.54, 1.807) is 11.0 Å². The molecular formula is C23H29N3O4. The number of ether oxygens (including phenoxy) is 2. The number of carbonyl (C=O) groups is 2. The lowest BCUT2D eigenvalue weighted by molar-refractivity contribution is -0.00692. The minimum absolute atomic E-state index is 0.0136. The molecular weight excluding hydrogens is 382 g/mol. The second-order valence-corrected chi connectivity index (χ2v) is 8.00.